The Bertz CT molecular complexity index is 427. The number of nitrogens with zero attached hydrogens (tertiary/aromatic N) is 3. The van der Waals surface area contributed by atoms with Crippen molar-refractivity contribution >= 4 is 63.6 Å². The van der Waals surface area contributed by atoms with E-state index in [4.69, 9.17) is 19.7 Å². The number of alkyl halides is 2. The molecule has 0 aromatic carbocycles. The van der Waals surface area contributed by atoms with Crippen LogP contribution < -0.4 is 0 Å². The highest BCUT2D eigenvalue weighted by Crippen LogP contribution is 2.25. The van der Waals surface area contributed by atoms with Crippen molar-refractivity contribution in [3.05, 3.63) is 10.4 Å². The Kier molecular flexibility index (Phi) is 10.4. The molecule has 0 saturated heterocycles. The number of esters is 2. The maximum Gasteiger partial charge on any atom is 0.303 e. The van der Waals surface area contributed by atoms with E-state index in [1.54, 1.807) is 0 Å². The average molecular weight is 525 g/mol. The Labute approximate surface area is 148 Å². The summed E-state index contributed by atoms with van der Waals surface area (Å²) in [6.45, 7) is 2.18. The molecule has 0 radical (unpaired) electrons. The van der Waals surface area contributed by atoms with Crippen LogP contribution in [-0.2, 0) is 28.6 Å². The van der Waals surface area contributed by atoms with Gasteiger partial charge in [0.25, 0.3) is 6.47 Å². The second-order valence-electron chi connectivity index (χ2n) is 3.68. The number of carbonyl (C=O) groups excluding carboxylic acids is 3. The molecule has 0 N–H and O–H groups in total. The summed E-state index contributed by atoms with van der Waals surface area (Å²) in [7, 11) is 0. The lowest BCUT2D eigenvalue weighted by Crippen LogP contribution is -2.46. The van der Waals surface area contributed by atoms with Gasteiger partial charge in [-0.15, -0.1) is 0 Å². The number of hydrogen-bond acceptors (Lipinski definition) is 7. The van der Waals surface area contributed by atoms with Crippen molar-refractivity contribution in [1.29, 1.82) is 0 Å². The summed E-state index contributed by atoms with van der Waals surface area (Å²) in [5.41, 5.74) is 8.61. The van der Waals surface area contributed by atoms with Crippen molar-refractivity contribution in [3.63, 3.8) is 0 Å². The summed E-state index contributed by atoms with van der Waals surface area (Å²) in [6, 6.07) is -0.805. The van der Waals surface area contributed by atoms with Gasteiger partial charge in [0.2, 0.25) is 0 Å². The molecule has 0 aromatic rings. The molecule has 9 nitrogen and oxygen atoms in total. The molecule has 0 aliphatic rings. The standard InChI is InChI=1S/C10H13I2N3O6/c1-5(17)19-3-7(20-4-16)9(21-6(2)18)8(10(11)12)14-15-13/h4,7-10H,3H2,1-2H3/t7-,8?,9-/m1/s1. The third-order valence-corrected chi connectivity index (χ3v) is 3.60. The van der Waals surface area contributed by atoms with Crippen molar-refractivity contribution in [2.75, 3.05) is 6.61 Å². The number of hydrogen-bond donors (Lipinski definition) is 0. The summed E-state index contributed by atoms with van der Waals surface area (Å²) >= 11 is 3.94. The fraction of sp³-hybridized carbons (Fsp3) is 0.700. The van der Waals surface area contributed by atoms with E-state index in [0.29, 0.717) is 0 Å². The van der Waals surface area contributed by atoms with Crippen LogP contribution in [0.1, 0.15) is 13.8 Å². The first-order valence-corrected chi connectivity index (χ1v) is 8.04. The number of carbonyl (C=O) groups is 3. The van der Waals surface area contributed by atoms with E-state index in [-0.39, 0.29) is 15.0 Å². The number of halogens is 2. The summed E-state index contributed by atoms with van der Waals surface area (Å²) in [5, 5.41) is 3.56. The molecule has 11 heteroatoms. The van der Waals surface area contributed by atoms with Gasteiger partial charge in [-0.1, -0.05) is 50.3 Å². The monoisotopic (exact) mass is 525 g/mol. The van der Waals surface area contributed by atoms with Crippen molar-refractivity contribution in [3.8, 4) is 0 Å². The summed E-state index contributed by atoms with van der Waals surface area (Å²) < 4.78 is 14.4. The molecule has 0 amide bonds. The Balaban J connectivity index is 5.35. The molecule has 0 saturated carbocycles. The Morgan fingerprint density at radius 2 is 1.95 bits per heavy atom. The highest BCUT2D eigenvalue weighted by Gasteiger charge is 2.37. The Morgan fingerprint density at radius 1 is 1.33 bits per heavy atom. The van der Waals surface area contributed by atoms with Gasteiger partial charge in [0.15, 0.2) is 12.2 Å². The number of ether oxygens (including phenoxy) is 3. The van der Waals surface area contributed by atoms with Gasteiger partial charge in [-0.2, -0.15) is 0 Å². The van der Waals surface area contributed by atoms with Gasteiger partial charge in [0, 0.05) is 18.8 Å². The first-order chi connectivity index (χ1) is 9.83. The topological polar surface area (TPSA) is 128 Å². The van der Waals surface area contributed by atoms with Crippen LogP contribution in [-0.4, -0.2) is 45.2 Å². The third kappa shape index (κ3) is 8.26. The first-order valence-electron chi connectivity index (χ1n) is 5.55. The largest absolute Gasteiger partial charge is 0.462 e. The molecule has 0 aliphatic carbocycles. The van der Waals surface area contributed by atoms with Crippen LogP contribution in [0.2, 0.25) is 0 Å². The SMILES string of the molecule is CC(=O)OC[C@@H](OC=O)[C@@H](OC(C)=O)C(N=[N+]=[N-])C(I)I. The molecule has 0 spiro atoms. The van der Waals surface area contributed by atoms with E-state index in [1.807, 2.05) is 45.2 Å². The van der Waals surface area contributed by atoms with Crippen molar-refractivity contribution in [2.24, 2.45) is 5.11 Å². The van der Waals surface area contributed by atoms with Crippen LogP contribution in [0, 0.1) is 0 Å². The highest BCUT2D eigenvalue weighted by atomic mass is 127. The minimum absolute atomic E-state index is 0.146. The van der Waals surface area contributed by atoms with Crippen LogP contribution in [0.15, 0.2) is 5.11 Å². The van der Waals surface area contributed by atoms with Gasteiger partial charge < -0.3 is 14.2 Å². The highest BCUT2D eigenvalue weighted by molar-refractivity contribution is 14.2. The average Bonchev–Trinajstić information content (AvgIpc) is 2.38. The smallest absolute Gasteiger partial charge is 0.303 e. The lowest BCUT2D eigenvalue weighted by atomic mass is 10.1. The fourth-order valence-corrected chi connectivity index (χ4v) is 2.46. The molecule has 0 heterocycles. The number of azide groups is 1. The molecular weight excluding hydrogens is 512 g/mol. The van der Waals surface area contributed by atoms with Crippen LogP contribution in [0.4, 0.5) is 0 Å². The predicted octanol–water partition coefficient (Wildman–Crippen LogP) is 1.90. The quantitative estimate of drug-likeness (QED) is 0.0662. The van der Waals surface area contributed by atoms with Gasteiger partial charge in [0.1, 0.15) is 6.61 Å². The summed E-state index contributed by atoms with van der Waals surface area (Å²) in [5.74, 6) is -1.23. The van der Waals surface area contributed by atoms with Gasteiger partial charge in [-0.3, -0.25) is 14.4 Å². The van der Waals surface area contributed by atoms with Gasteiger partial charge in [-0.05, 0) is 5.53 Å². The zero-order valence-electron chi connectivity index (χ0n) is 11.1. The van der Waals surface area contributed by atoms with Crippen molar-refractivity contribution in [2.45, 2.75) is 34.0 Å². The van der Waals surface area contributed by atoms with Gasteiger partial charge in [0.05, 0.1) is 7.97 Å². The second kappa shape index (κ2) is 10.8. The first kappa shape index (κ1) is 20.2. The minimum Gasteiger partial charge on any atom is -0.462 e. The maximum absolute atomic E-state index is 11.2. The molecule has 0 bridgehead atoms. The third-order valence-electron chi connectivity index (χ3n) is 2.13. The number of rotatable bonds is 9. The molecule has 3 atom stereocenters. The van der Waals surface area contributed by atoms with E-state index in [2.05, 4.69) is 10.0 Å². The van der Waals surface area contributed by atoms with E-state index in [0.717, 1.165) is 0 Å². The molecular formula is C10H13I2N3O6. The molecule has 0 aliphatic heterocycles. The maximum atomic E-state index is 11.2. The van der Waals surface area contributed by atoms with Crippen LogP contribution in [0.5, 0.6) is 0 Å². The van der Waals surface area contributed by atoms with Crippen molar-refractivity contribution < 1.29 is 28.6 Å². The Hall–Kier alpha value is -0.820. The second-order valence-corrected chi connectivity index (χ2v) is 8.74. The fourth-order valence-electron chi connectivity index (χ4n) is 1.36. The molecule has 0 rings (SSSR count). The molecule has 0 aromatic heterocycles. The van der Waals surface area contributed by atoms with E-state index in [1.165, 1.54) is 13.8 Å². The lowest BCUT2D eigenvalue weighted by molar-refractivity contribution is -0.168. The zero-order chi connectivity index (χ0) is 16.4. The van der Waals surface area contributed by atoms with Crippen LogP contribution in [0.3, 0.4) is 0 Å². The van der Waals surface area contributed by atoms with E-state index >= 15 is 0 Å². The Morgan fingerprint density at radius 3 is 2.33 bits per heavy atom. The minimum atomic E-state index is -1.07. The van der Waals surface area contributed by atoms with E-state index < -0.39 is 30.2 Å². The molecule has 0 fully saturated rings. The molecule has 21 heavy (non-hydrogen) atoms. The summed E-state index contributed by atoms with van der Waals surface area (Å²) in [4.78, 5) is 35.4. The molecule has 118 valence electrons. The normalized spacial score (nSPS) is 14.3. The van der Waals surface area contributed by atoms with Crippen LogP contribution >= 0.6 is 45.2 Å². The van der Waals surface area contributed by atoms with E-state index in [9.17, 15) is 14.4 Å². The predicted molar refractivity (Wildman–Crippen MR) is 87.9 cm³/mol. The summed E-state index contributed by atoms with van der Waals surface area (Å²) in [6.07, 6.45) is -2.14. The van der Waals surface area contributed by atoms with Crippen molar-refractivity contribution in [1.82, 2.24) is 0 Å². The molecule has 1 unspecified atom stereocenters. The lowest BCUT2D eigenvalue weighted by Gasteiger charge is -2.29. The zero-order valence-corrected chi connectivity index (χ0v) is 15.5. The van der Waals surface area contributed by atoms with Gasteiger partial charge >= 0.3 is 11.9 Å². The van der Waals surface area contributed by atoms with Crippen LogP contribution in [0.25, 0.3) is 10.4 Å². The van der Waals surface area contributed by atoms with Gasteiger partial charge in [-0.25, -0.2) is 0 Å².